The topological polar surface area (TPSA) is 161 Å². The zero-order valence-corrected chi connectivity index (χ0v) is 25.9. The van der Waals surface area contributed by atoms with Crippen LogP contribution in [0.4, 0.5) is 0 Å². The molecule has 1 aliphatic carbocycles. The number of halogens is 1. The average molecular weight is 638 g/mol. The number of methoxy groups -OCH3 is 3. The van der Waals surface area contributed by atoms with E-state index in [1.165, 1.54) is 39.5 Å². The van der Waals surface area contributed by atoms with Crippen LogP contribution in [-0.2, 0) is 22.6 Å². The minimum absolute atomic E-state index is 0.00949. The molecule has 6 rings (SSSR count). The highest BCUT2D eigenvalue weighted by Gasteiger charge is 2.61. The van der Waals surface area contributed by atoms with Gasteiger partial charge in [-0.15, -0.1) is 0 Å². The summed E-state index contributed by atoms with van der Waals surface area (Å²) in [5, 5.41) is 22.4. The quantitative estimate of drug-likeness (QED) is 0.341. The van der Waals surface area contributed by atoms with Crippen LogP contribution in [0.3, 0.4) is 0 Å². The second-order valence-electron chi connectivity index (χ2n) is 11.3. The third-order valence-electron chi connectivity index (χ3n) is 8.97. The maximum atomic E-state index is 14.3. The number of ether oxygens (including phenoxy) is 4. The maximum Gasteiger partial charge on any atom is 0.231 e. The Hall–Kier alpha value is -4.71. The van der Waals surface area contributed by atoms with E-state index in [1.807, 2.05) is 0 Å². The number of phenols is 1. The Morgan fingerprint density at radius 3 is 2.60 bits per heavy atom. The molecule has 1 spiro atoms. The fraction of sp³-hybridized carbons (Fsp3) is 0.375. The van der Waals surface area contributed by atoms with Crippen molar-refractivity contribution in [1.29, 1.82) is 0 Å². The number of hydrogen-bond acceptors (Lipinski definition) is 10. The number of fused-ring (bicyclic) bond motifs is 2. The van der Waals surface area contributed by atoms with Gasteiger partial charge < -0.3 is 39.0 Å². The second kappa shape index (κ2) is 11.3. The summed E-state index contributed by atoms with van der Waals surface area (Å²) < 4.78 is 22.4. The van der Waals surface area contributed by atoms with Gasteiger partial charge >= 0.3 is 0 Å². The van der Waals surface area contributed by atoms with E-state index < -0.39 is 34.8 Å². The number of aliphatic hydroxyl groups excluding tert-OH is 1. The number of nitrogens with zero attached hydrogens (tertiary/aromatic N) is 2. The van der Waals surface area contributed by atoms with Gasteiger partial charge in [-0.25, -0.2) is 4.98 Å². The van der Waals surface area contributed by atoms with Gasteiger partial charge in [0.05, 0.1) is 45.6 Å². The summed E-state index contributed by atoms with van der Waals surface area (Å²) >= 11 is 6.58. The van der Waals surface area contributed by atoms with E-state index in [0.717, 1.165) is 11.4 Å². The first-order chi connectivity index (χ1) is 21.5. The molecule has 3 aromatic rings. The molecule has 3 aliphatic rings. The number of carbonyl (C=O) groups excluding carboxylic acids is 3. The van der Waals surface area contributed by atoms with Gasteiger partial charge in [-0.2, -0.15) is 0 Å². The number of aliphatic hydroxyl groups is 1. The number of aromatic hydroxyl groups is 1. The van der Waals surface area contributed by atoms with Gasteiger partial charge in [0, 0.05) is 49.3 Å². The van der Waals surface area contributed by atoms with Crippen LogP contribution in [0.15, 0.2) is 41.9 Å². The molecule has 13 heteroatoms. The van der Waals surface area contributed by atoms with Gasteiger partial charge in [0.1, 0.15) is 22.1 Å². The molecule has 0 saturated carbocycles. The van der Waals surface area contributed by atoms with Crippen molar-refractivity contribution in [1.82, 2.24) is 14.9 Å². The van der Waals surface area contributed by atoms with Crippen LogP contribution < -0.4 is 18.9 Å². The van der Waals surface area contributed by atoms with Crippen LogP contribution in [0.5, 0.6) is 28.7 Å². The Balaban J connectivity index is 1.49. The standard InChI is InChI=1S/C32H32ClN3O9/c1-15-9-21(38)26(30(40)32(15)31(41)27-23(43-3)12-24(44-4)28(33)29(27)45-32)17(16-5-6-20(37)22(10-16)42-2)11-25(39)36-8-7-18-19(13-36)35-14-34-18/h5-6,10,12,14-15,17,37,40H,7-9,11,13H2,1-4H3,(H,34,35)/t15-,17?,32+/m1/s1. The van der Waals surface area contributed by atoms with E-state index in [-0.39, 0.29) is 63.7 Å². The van der Waals surface area contributed by atoms with Crippen molar-refractivity contribution in [2.75, 3.05) is 27.9 Å². The molecule has 3 atom stereocenters. The number of rotatable bonds is 7. The molecule has 0 bridgehead atoms. The Morgan fingerprint density at radius 1 is 1.16 bits per heavy atom. The van der Waals surface area contributed by atoms with Crippen molar-refractivity contribution in [3.63, 3.8) is 0 Å². The molecule has 3 heterocycles. The lowest BCUT2D eigenvalue weighted by molar-refractivity contribution is -0.132. The van der Waals surface area contributed by atoms with E-state index in [2.05, 4.69) is 9.97 Å². The van der Waals surface area contributed by atoms with Gasteiger partial charge in [0.25, 0.3) is 0 Å². The second-order valence-corrected chi connectivity index (χ2v) is 11.7. The van der Waals surface area contributed by atoms with Crippen molar-refractivity contribution in [2.45, 2.75) is 44.2 Å². The van der Waals surface area contributed by atoms with Gasteiger partial charge in [-0.05, 0) is 17.7 Å². The molecule has 1 unspecified atom stereocenters. The molecule has 0 fully saturated rings. The highest BCUT2D eigenvalue weighted by Crippen LogP contribution is 2.56. The van der Waals surface area contributed by atoms with Crippen molar-refractivity contribution < 1.29 is 43.5 Å². The third kappa shape index (κ3) is 4.66. The largest absolute Gasteiger partial charge is 0.507 e. The Kier molecular flexibility index (Phi) is 7.64. The molecule has 12 nitrogen and oxygen atoms in total. The number of aromatic nitrogens is 2. The fourth-order valence-corrected chi connectivity index (χ4v) is 6.83. The molecular weight excluding hydrogens is 606 g/mol. The number of phenolic OH excluding ortho intramolecular Hbond substituents is 1. The minimum Gasteiger partial charge on any atom is -0.507 e. The molecule has 2 aromatic carbocycles. The number of carbonyl (C=O) groups is 3. The summed E-state index contributed by atoms with van der Waals surface area (Å²) in [6.45, 7) is 2.35. The minimum atomic E-state index is -2.02. The van der Waals surface area contributed by atoms with Crippen LogP contribution >= 0.6 is 11.6 Å². The number of ketones is 2. The van der Waals surface area contributed by atoms with Crippen molar-refractivity contribution >= 4 is 29.1 Å². The monoisotopic (exact) mass is 637 g/mol. The molecule has 45 heavy (non-hydrogen) atoms. The maximum absolute atomic E-state index is 14.3. The van der Waals surface area contributed by atoms with E-state index >= 15 is 0 Å². The van der Waals surface area contributed by atoms with E-state index in [0.29, 0.717) is 25.1 Å². The predicted octanol–water partition coefficient (Wildman–Crippen LogP) is 4.29. The van der Waals surface area contributed by atoms with E-state index in [4.69, 9.17) is 30.5 Å². The first-order valence-corrected chi connectivity index (χ1v) is 14.7. The average Bonchev–Trinajstić information content (AvgIpc) is 3.63. The first-order valence-electron chi connectivity index (χ1n) is 14.4. The normalized spacial score (nSPS) is 21.4. The molecule has 1 aromatic heterocycles. The van der Waals surface area contributed by atoms with Crippen molar-refractivity contribution in [3.05, 3.63) is 69.5 Å². The Labute approximate surface area is 263 Å². The summed E-state index contributed by atoms with van der Waals surface area (Å²) in [4.78, 5) is 51.0. The summed E-state index contributed by atoms with van der Waals surface area (Å²) in [6.07, 6.45) is 1.74. The first kappa shape index (κ1) is 30.3. The lowest BCUT2D eigenvalue weighted by Gasteiger charge is -2.39. The van der Waals surface area contributed by atoms with Crippen LogP contribution in [-0.4, -0.2) is 76.0 Å². The van der Waals surface area contributed by atoms with Gasteiger partial charge in [-0.3, -0.25) is 14.4 Å². The van der Waals surface area contributed by atoms with Crippen molar-refractivity contribution in [3.8, 4) is 28.7 Å². The summed E-state index contributed by atoms with van der Waals surface area (Å²) in [5.41, 5.74) is -0.0239. The molecular formula is C32H32ClN3O9. The van der Waals surface area contributed by atoms with Gasteiger partial charge in [0.15, 0.2) is 28.8 Å². The van der Waals surface area contributed by atoms with E-state index in [9.17, 15) is 24.6 Å². The molecule has 236 valence electrons. The number of aromatic amines is 1. The van der Waals surface area contributed by atoms with Gasteiger partial charge in [0.2, 0.25) is 17.3 Å². The number of hydrogen-bond donors (Lipinski definition) is 3. The molecule has 0 radical (unpaired) electrons. The predicted molar refractivity (Wildman–Crippen MR) is 160 cm³/mol. The molecule has 0 saturated heterocycles. The SMILES string of the molecule is COc1cc(C(CC(=O)N2CCc3nc[nH]c3C2)C2=C(O)[C@@]3(Oc4c(Cl)c(OC)cc(OC)c4C3=O)[C@H](C)CC2=O)ccc1O. The fourth-order valence-electron chi connectivity index (χ4n) is 6.57. The van der Waals surface area contributed by atoms with Crippen LogP contribution in [0.25, 0.3) is 0 Å². The number of allylic oxidation sites excluding steroid dienone is 1. The van der Waals surface area contributed by atoms with Crippen molar-refractivity contribution in [2.24, 2.45) is 5.92 Å². The molecule has 2 aliphatic heterocycles. The zero-order valence-electron chi connectivity index (χ0n) is 25.1. The molecule has 3 N–H and O–H groups in total. The number of H-pyrrole nitrogens is 1. The number of amides is 1. The smallest absolute Gasteiger partial charge is 0.231 e. The zero-order chi connectivity index (χ0) is 32.2. The Bertz CT molecular complexity index is 1770. The highest BCUT2D eigenvalue weighted by atomic mass is 35.5. The summed E-state index contributed by atoms with van der Waals surface area (Å²) in [5.74, 6) is -3.56. The van der Waals surface area contributed by atoms with Crippen LogP contribution in [0, 0.1) is 5.92 Å². The number of Topliss-reactive ketones (excluding diaryl/α,β-unsaturated/α-hetero) is 2. The van der Waals surface area contributed by atoms with E-state index in [1.54, 1.807) is 24.2 Å². The summed E-state index contributed by atoms with van der Waals surface area (Å²) in [6, 6.07) is 5.89. The third-order valence-corrected chi connectivity index (χ3v) is 9.33. The van der Waals surface area contributed by atoms with Crippen LogP contribution in [0.2, 0.25) is 5.02 Å². The number of nitrogens with one attached hydrogen (secondary N) is 1. The lowest BCUT2D eigenvalue weighted by Crippen LogP contribution is -2.53. The number of imidazole rings is 1. The Morgan fingerprint density at radius 2 is 1.89 bits per heavy atom. The highest BCUT2D eigenvalue weighted by molar-refractivity contribution is 6.35. The van der Waals surface area contributed by atoms with Gasteiger partial charge in [-0.1, -0.05) is 24.6 Å². The number of benzene rings is 2. The van der Waals surface area contributed by atoms with Crippen LogP contribution in [0.1, 0.15) is 53.0 Å². The lowest BCUT2D eigenvalue weighted by atomic mass is 9.69. The summed E-state index contributed by atoms with van der Waals surface area (Å²) in [7, 11) is 4.16. The molecule has 1 amide bonds.